The first-order chi connectivity index (χ1) is 3.46. The van der Waals surface area contributed by atoms with Crippen molar-refractivity contribution < 1.29 is 32.9 Å². The summed E-state index contributed by atoms with van der Waals surface area (Å²) in [5, 5.41) is 27.9. The van der Waals surface area contributed by atoms with Gasteiger partial charge in [0.05, 0.1) is 0 Å². The minimum Gasteiger partial charge on any atom is -1.00 e. The maximum Gasteiger partial charge on any atom is 2.00 e. The van der Waals surface area contributed by atoms with Gasteiger partial charge in [-0.2, -0.15) is 0 Å². The molecule has 4 N–H and O–H groups in total. The zero-order valence-electron chi connectivity index (χ0n) is 6.31. The van der Waals surface area contributed by atoms with Gasteiger partial charge < -0.3 is 23.3 Å². The van der Waals surface area contributed by atoms with Crippen LogP contribution in [0.2, 0.25) is 0 Å². The third-order valence-electron chi connectivity index (χ3n) is 0. The quantitative estimate of drug-likeness (QED) is 0.467. The molecule has 0 bridgehead atoms. The van der Waals surface area contributed by atoms with E-state index >= 15 is 0 Å². The van der Waals surface area contributed by atoms with Crippen LogP contribution in [0.5, 0.6) is 0 Å². The SMILES string of the molecule is O=C(O)O.O=C(O)O.[Ba+2].[H-].[H-]. The van der Waals surface area contributed by atoms with Crippen molar-refractivity contribution in [1.82, 2.24) is 0 Å². The molecule has 0 amide bonds. The molecule has 0 saturated carbocycles. The van der Waals surface area contributed by atoms with Crippen LogP contribution in [-0.2, 0) is 0 Å². The van der Waals surface area contributed by atoms with Gasteiger partial charge in [-0.15, -0.1) is 0 Å². The molecule has 0 aliphatic carbocycles. The minimum absolute atomic E-state index is 0. The van der Waals surface area contributed by atoms with Crippen LogP contribution in [0.15, 0.2) is 0 Å². The Morgan fingerprint density at radius 3 is 0.889 bits per heavy atom. The summed E-state index contributed by atoms with van der Waals surface area (Å²) < 4.78 is 0. The van der Waals surface area contributed by atoms with E-state index in [0.717, 1.165) is 0 Å². The normalized spacial score (nSPS) is 5.33. The molecule has 0 heterocycles. The second kappa shape index (κ2) is 11.0. The van der Waals surface area contributed by atoms with Crippen molar-refractivity contribution in [3.8, 4) is 0 Å². The van der Waals surface area contributed by atoms with E-state index in [9.17, 15) is 0 Å². The summed E-state index contributed by atoms with van der Waals surface area (Å²) in [6, 6.07) is 0. The van der Waals surface area contributed by atoms with Crippen LogP contribution in [0.4, 0.5) is 9.59 Å². The van der Waals surface area contributed by atoms with Crippen molar-refractivity contribution in [3.63, 3.8) is 0 Å². The summed E-state index contributed by atoms with van der Waals surface area (Å²) in [6.45, 7) is 0. The molecule has 0 aromatic rings. The molecule has 0 atom stereocenters. The van der Waals surface area contributed by atoms with Gasteiger partial charge >= 0.3 is 61.2 Å². The molecule has 0 aromatic heterocycles. The maximum absolute atomic E-state index is 8.56. The molecule has 9 heavy (non-hydrogen) atoms. The average molecular weight is 263 g/mol. The second-order valence-electron chi connectivity index (χ2n) is 0.565. The Labute approximate surface area is 93.2 Å². The summed E-state index contributed by atoms with van der Waals surface area (Å²) in [5.74, 6) is 0. The number of carboxylic acid groups (broad SMARTS) is 4. The monoisotopic (exact) mass is 264 g/mol. The van der Waals surface area contributed by atoms with Gasteiger partial charge in [-0.1, -0.05) is 0 Å². The summed E-state index contributed by atoms with van der Waals surface area (Å²) in [4.78, 5) is 17.1. The fourth-order valence-corrected chi connectivity index (χ4v) is 0. The van der Waals surface area contributed by atoms with Gasteiger partial charge in [-0.05, 0) is 0 Å². The number of hydrogen-bond donors (Lipinski definition) is 4. The van der Waals surface area contributed by atoms with Crippen LogP contribution in [0.3, 0.4) is 0 Å². The van der Waals surface area contributed by atoms with E-state index in [2.05, 4.69) is 0 Å². The van der Waals surface area contributed by atoms with E-state index < -0.39 is 12.3 Å². The van der Waals surface area contributed by atoms with Crippen LogP contribution in [0.1, 0.15) is 2.85 Å². The van der Waals surface area contributed by atoms with E-state index in [4.69, 9.17) is 30.0 Å². The van der Waals surface area contributed by atoms with Crippen molar-refractivity contribution in [2.75, 3.05) is 0 Å². The van der Waals surface area contributed by atoms with Crippen LogP contribution in [-0.4, -0.2) is 81.6 Å². The molecule has 0 aromatic carbocycles. The summed E-state index contributed by atoms with van der Waals surface area (Å²) in [5.41, 5.74) is 0. The topological polar surface area (TPSA) is 115 Å². The summed E-state index contributed by atoms with van der Waals surface area (Å²) >= 11 is 0. The van der Waals surface area contributed by atoms with Crippen molar-refractivity contribution in [2.45, 2.75) is 0 Å². The Morgan fingerprint density at radius 1 is 0.889 bits per heavy atom. The third-order valence-corrected chi connectivity index (χ3v) is 0. The molecule has 0 aliphatic rings. The van der Waals surface area contributed by atoms with Crippen molar-refractivity contribution >= 4 is 61.2 Å². The van der Waals surface area contributed by atoms with Crippen molar-refractivity contribution in [1.29, 1.82) is 0 Å². The van der Waals surface area contributed by atoms with Crippen LogP contribution < -0.4 is 0 Å². The first-order valence-corrected chi connectivity index (χ1v) is 1.30. The second-order valence-corrected chi connectivity index (χ2v) is 0.565. The number of rotatable bonds is 0. The number of hydrogen-bond acceptors (Lipinski definition) is 2. The standard InChI is InChI=1S/2CH2O3.Ba.2H/c2*2-1(3)4;;;/h2*(H2,2,3,4);;;/q;;+2;2*-1. The Hall–Kier alpha value is 0.111. The van der Waals surface area contributed by atoms with E-state index in [1.54, 1.807) is 0 Å². The van der Waals surface area contributed by atoms with Crippen molar-refractivity contribution in [2.24, 2.45) is 0 Å². The van der Waals surface area contributed by atoms with Crippen LogP contribution in [0, 0.1) is 0 Å². The van der Waals surface area contributed by atoms with Gasteiger partial charge in [0.2, 0.25) is 0 Å². The third kappa shape index (κ3) is 24400. The van der Waals surface area contributed by atoms with E-state index in [-0.39, 0.29) is 51.7 Å². The number of carbonyl (C=O) groups is 2. The molecule has 0 unspecified atom stereocenters. The smallest absolute Gasteiger partial charge is 1.00 e. The van der Waals surface area contributed by atoms with Crippen molar-refractivity contribution in [3.05, 3.63) is 0 Å². The first-order valence-electron chi connectivity index (χ1n) is 1.30. The zero-order chi connectivity index (χ0) is 7.15. The van der Waals surface area contributed by atoms with Crippen LogP contribution >= 0.6 is 0 Å². The molecule has 0 rings (SSSR count). The Bertz CT molecular complexity index is 76.6. The van der Waals surface area contributed by atoms with Gasteiger partial charge in [0.25, 0.3) is 0 Å². The summed E-state index contributed by atoms with van der Waals surface area (Å²) in [6.07, 6.45) is -3.67. The molecule has 0 saturated heterocycles. The zero-order valence-corrected chi connectivity index (χ0v) is 8.75. The summed E-state index contributed by atoms with van der Waals surface area (Å²) in [7, 11) is 0. The van der Waals surface area contributed by atoms with Gasteiger partial charge in [0.15, 0.2) is 0 Å². The molecular weight excluding hydrogens is 257 g/mol. The first kappa shape index (κ1) is 16.1. The molecular formula is C2H6BaO6. The van der Waals surface area contributed by atoms with Gasteiger partial charge in [-0.3, -0.25) is 0 Å². The van der Waals surface area contributed by atoms with E-state index in [1.807, 2.05) is 0 Å². The van der Waals surface area contributed by atoms with E-state index in [0.29, 0.717) is 0 Å². The molecule has 0 radical (unpaired) electrons. The predicted octanol–water partition coefficient (Wildman–Crippen LogP) is 0.289. The van der Waals surface area contributed by atoms with Gasteiger partial charge in [-0.25, -0.2) is 9.59 Å². The average Bonchev–Trinajstić information content (AvgIpc) is 1.25. The fourth-order valence-electron chi connectivity index (χ4n) is 0. The van der Waals surface area contributed by atoms with E-state index in [1.165, 1.54) is 0 Å². The Kier molecular flexibility index (Phi) is 19.6. The molecule has 52 valence electrons. The fraction of sp³-hybridized carbons (Fsp3) is 0. The molecule has 0 aliphatic heterocycles. The van der Waals surface area contributed by atoms with Gasteiger partial charge in [0.1, 0.15) is 0 Å². The Morgan fingerprint density at radius 2 is 0.889 bits per heavy atom. The molecule has 0 spiro atoms. The Balaban J connectivity index is -0.0000000171. The van der Waals surface area contributed by atoms with Gasteiger partial charge in [0, 0.05) is 0 Å². The predicted molar refractivity (Wildman–Crippen MR) is 29.3 cm³/mol. The van der Waals surface area contributed by atoms with Crippen LogP contribution in [0.25, 0.3) is 0 Å². The maximum atomic E-state index is 8.56. The largest absolute Gasteiger partial charge is 2.00 e. The molecule has 6 nitrogen and oxygen atoms in total. The molecule has 0 fully saturated rings. The molecule has 7 heteroatoms. The minimum atomic E-state index is -1.83.